The molecule has 2 rings (SSSR count). The van der Waals surface area contributed by atoms with Gasteiger partial charge < -0.3 is 10.2 Å². The Morgan fingerprint density at radius 3 is 2.52 bits per heavy atom. The summed E-state index contributed by atoms with van der Waals surface area (Å²) >= 11 is 11.8. The Morgan fingerprint density at radius 2 is 1.83 bits per heavy atom. The first-order valence-corrected chi connectivity index (χ1v) is 8.27. The molecule has 122 valence electrons. The van der Waals surface area contributed by atoms with E-state index in [9.17, 15) is 4.79 Å². The van der Waals surface area contributed by atoms with Gasteiger partial charge in [0.25, 0.3) is 5.91 Å². The Hall–Kier alpha value is -1.55. The average molecular weight is 351 g/mol. The molecule has 0 heterocycles. The molecule has 0 aliphatic heterocycles. The number of benzene rings is 2. The first kappa shape index (κ1) is 17.8. The van der Waals surface area contributed by atoms with Gasteiger partial charge in [0.2, 0.25) is 0 Å². The van der Waals surface area contributed by atoms with E-state index in [2.05, 4.69) is 29.4 Å². The van der Waals surface area contributed by atoms with Crippen LogP contribution in [-0.4, -0.2) is 30.9 Å². The van der Waals surface area contributed by atoms with Crippen LogP contribution in [0.3, 0.4) is 0 Å². The molecule has 2 aromatic carbocycles. The Morgan fingerprint density at radius 1 is 1.09 bits per heavy atom. The Kier molecular flexibility index (Phi) is 6.90. The van der Waals surface area contributed by atoms with Crippen molar-refractivity contribution in [3.63, 3.8) is 0 Å². The van der Waals surface area contributed by atoms with Gasteiger partial charge in [-0.3, -0.25) is 4.79 Å². The van der Waals surface area contributed by atoms with Gasteiger partial charge in [-0.1, -0.05) is 53.5 Å². The molecule has 0 aromatic heterocycles. The molecule has 0 saturated heterocycles. The highest BCUT2D eigenvalue weighted by Crippen LogP contribution is 2.22. The largest absolute Gasteiger partial charge is 0.352 e. The molecule has 0 unspecified atom stereocenters. The van der Waals surface area contributed by atoms with Gasteiger partial charge in [0.05, 0.1) is 10.0 Å². The van der Waals surface area contributed by atoms with Crippen molar-refractivity contribution in [1.82, 2.24) is 10.2 Å². The van der Waals surface area contributed by atoms with Gasteiger partial charge in [0.1, 0.15) is 0 Å². The first-order chi connectivity index (χ1) is 11.1. The van der Waals surface area contributed by atoms with Crippen LogP contribution in [0.2, 0.25) is 10.0 Å². The van der Waals surface area contributed by atoms with Crippen LogP contribution in [-0.2, 0) is 6.54 Å². The van der Waals surface area contributed by atoms with Gasteiger partial charge in [-0.15, -0.1) is 0 Å². The molecule has 0 saturated carbocycles. The van der Waals surface area contributed by atoms with E-state index in [0.29, 0.717) is 22.2 Å². The van der Waals surface area contributed by atoms with Crippen LogP contribution >= 0.6 is 23.2 Å². The lowest BCUT2D eigenvalue weighted by molar-refractivity contribution is 0.0952. The molecule has 2 aromatic rings. The third-order valence-corrected chi connectivity index (χ3v) is 4.22. The maximum atomic E-state index is 12.0. The lowest BCUT2D eigenvalue weighted by Crippen LogP contribution is -2.28. The summed E-state index contributed by atoms with van der Waals surface area (Å²) in [4.78, 5) is 14.3. The smallest absolute Gasteiger partial charge is 0.251 e. The second-order valence-corrected chi connectivity index (χ2v) is 6.28. The maximum Gasteiger partial charge on any atom is 0.251 e. The zero-order valence-corrected chi connectivity index (χ0v) is 14.6. The van der Waals surface area contributed by atoms with Gasteiger partial charge in [-0.25, -0.2) is 0 Å². The zero-order chi connectivity index (χ0) is 16.7. The number of hydrogen-bond donors (Lipinski definition) is 1. The van der Waals surface area contributed by atoms with E-state index in [0.717, 1.165) is 19.5 Å². The Labute approximate surface area is 147 Å². The predicted molar refractivity (Wildman–Crippen MR) is 96.2 cm³/mol. The Balaban J connectivity index is 1.70. The average Bonchev–Trinajstić information content (AvgIpc) is 2.55. The Bertz CT molecular complexity index is 647. The van der Waals surface area contributed by atoms with Crippen molar-refractivity contribution in [2.45, 2.75) is 13.0 Å². The van der Waals surface area contributed by atoms with Crippen molar-refractivity contribution in [1.29, 1.82) is 0 Å². The van der Waals surface area contributed by atoms with Gasteiger partial charge in [-0.2, -0.15) is 0 Å². The number of amides is 1. The molecule has 1 amide bonds. The normalized spacial score (nSPS) is 10.8. The molecule has 23 heavy (non-hydrogen) atoms. The highest BCUT2D eigenvalue weighted by atomic mass is 35.5. The van der Waals surface area contributed by atoms with Crippen LogP contribution in [0.15, 0.2) is 48.5 Å². The fourth-order valence-corrected chi connectivity index (χ4v) is 2.56. The number of nitrogens with one attached hydrogen (secondary N) is 1. The summed E-state index contributed by atoms with van der Waals surface area (Å²) in [6.45, 7) is 2.44. The SMILES string of the molecule is CN(CCCNC(=O)c1ccc(Cl)c(Cl)c1)Cc1ccccc1. The summed E-state index contributed by atoms with van der Waals surface area (Å²) in [6.07, 6.45) is 0.885. The molecule has 0 aliphatic carbocycles. The minimum Gasteiger partial charge on any atom is -0.352 e. The zero-order valence-electron chi connectivity index (χ0n) is 13.1. The van der Waals surface area contributed by atoms with Crippen LogP contribution in [0.25, 0.3) is 0 Å². The van der Waals surface area contributed by atoms with Crippen molar-refractivity contribution < 1.29 is 4.79 Å². The molecular formula is C18H20Cl2N2O. The third-order valence-electron chi connectivity index (χ3n) is 3.48. The van der Waals surface area contributed by atoms with Crippen molar-refractivity contribution in [2.24, 2.45) is 0 Å². The van der Waals surface area contributed by atoms with Gasteiger partial charge >= 0.3 is 0 Å². The fourth-order valence-electron chi connectivity index (χ4n) is 2.26. The van der Waals surface area contributed by atoms with Crippen molar-refractivity contribution in [3.8, 4) is 0 Å². The van der Waals surface area contributed by atoms with Crippen LogP contribution in [0.4, 0.5) is 0 Å². The standard InChI is InChI=1S/C18H20Cl2N2O/c1-22(13-14-6-3-2-4-7-14)11-5-10-21-18(23)15-8-9-16(19)17(20)12-15/h2-4,6-9,12H,5,10-11,13H2,1H3,(H,21,23). The summed E-state index contributed by atoms with van der Waals surface area (Å²) in [6, 6.07) is 15.2. The molecule has 0 atom stereocenters. The highest BCUT2D eigenvalue weighted by Gasteiger charge is 2.07. The molecule has 0 bridgehead atoms. The molecule has 0 aliphatic rings. The molecule has 0 spiro atoms. The van der Waals surface area contributed by atoms with Crippen LogP contribution in [0, 0.1) is 0 Å². The second-order valence-electron chi connectivity index (χ2n) is 5.46. The lowest BCUT2D eigenvalue weighted by atomic mass is 10.2. The van der Waals surface area contributed by atoms with Crippen molar-refractivity contribution >= 4 is 29.1 Å². The quantitative estimate of drug-likeness (QED) is 0.757. The number of hydrogen-bond acceptors (Lipinski definition) is 2. The van der Waals surface area contributed by atoms with Crippen LogP contribution in [0.5, 0.6) is 0 Å². The third kappa shape index (κ3) is 5.87. The van der Waals surface area contributed by atoms with Crippen molar-refractivity contribution in [3.05, 3.63) is 69.7 Å². The van der Waals surface area contributed by atoms with E-state index in [-0.39, 0.29) is 5.91 Å². The van der Waals surface area contributed by atoms with E-state index in [1.165, 1.54) is 5.56 Å². The molecule has 3 nitrogen and oxygen atoms in total. The van der Waals surface area contributed by atoms with Crippen molar-refractivity contribution in [2.75, 3.05) is 20.1 Å². The van der Waals surface area contributed by atoms with E-state index >= 15 is 0 Å². The summed E-state index contributed by atoms with van der Waals surface area (Å²) in [5, 5.41) is 3.74. The lowest BCUT2D eigenvalue weighted by Gasteiger charge is -2.16. The fraction of sp³-hybridized carbons (Fsp3) is 0.278. The summed E-state index contributed by atoms with van der Waals surface area (Å²) < 4.78 is 0. The van der Waals surface area contributed by atoms with E-state index < -0.39 is 0 Å². The number of rotatable bonds is 7. The van der Waals surface area contributed by atoms with E-state index in [1.54, 1.807) is 18.2 Å². The molecule has 0 fully saturated rings. The van der Waals surface area contributed by atoms with Gasteiger partial charge in [-0.05, 0) is 43.8 Å². The molecule has 0 radical (unpaired) electrons. The highest BCUT2D eigenvalue weighted by molar-refractivity contribution is 6.42. The van der Waals surface area contributed by atoms with E-state index in [1.807, 2.05) is 18.2 Å². The predicted octanol–water partition coefficient (Wildman–Crippen LogP) is 4.25. The summed E-state index contributed by atoms with van der Waals surface area (Å²) in [5.74, 6) is -0.130. The second kappa shape index (κ2) is 8.92. The number of carbonyl (C=O) groups is 1. The number of nitrogens with zero attached hydrogens (tertiary/aromatic N) is 1. The number of halogens is 2. The molecule has 1 N–H and O–H groups in total. The van der Waals surface area contributed by atoms with Gasteiger partial charge in [0, 0.05) is 18.7 Å². The number of carbonyl (C=O) groups excluding carboxylic acids is 1. The van der Waals surface area contributed by atoms with Crippen LogP contribution < -0.4 is 5.32 Å². The van der Waals surface area contributed by atoms with Crippen LogP contribution in [0.1, 0.15) is 22.3 Å². The first-order valence-electron chi connectivity index (χ1n) is 7.52. The minimum atomic E-state index is -0.130. The van der Waals surface area contributed by atoms with Gasteiger partial charge in [0.15, 0.2) is 0 Å². The summed E-state index contributed by atoms with van der Waals surface area (Å²) in [5.41, 5.74) is 1.81. The van der Waals surface area contributed by atoms with E-state index in [4.69, 9.17) is 23.2 Å². The minimum absolute atomic E-state index is 0.130. The monoisotopic (exact) mass is 350 g/mol. The topological polar surface area (TPSA) is 32.3 Å². The summed E-state index contributed by atoms with van der Waals surface area (Å²) in [7, 11) is 2.08. The molecular weight excluding hydrogens is 331 g/mol. The molecule has 5 heteroatoms. The maximum absolute atomic E-state index is 12.0.